The first kappa shape index (κ1) is 22.9. The quantitative estimate of drug-likeness (QED) is 0.542. The average Bonchev–Trinajstić information content (AvgIpc) is 2.85. The zero-order valence-electron chi connectivity index (χ0n) is 19.1. The van der Waals surface area contributed by atoms with Crippen LogP contribution in [-0.2, 0) is 13.6 Å². The highest BCUT2D eigenvalue weighted by molar-refractivity contribution is 6.31. The molecular weight excluding hydrogens is 459 g/mol. The molecule has 2 N–H and O–H groups in total. The highest BCUT2D eigenvalue weighted by Crippen LogP contribution is 2.32. The number of pyridine rings is 2. The van der Waals surface area contributed by atoms with E-state index in [1.54, 1.807) is 19.2 Å². The fraction of sp³-hybridized carbons (Fsp3) is 0.440. The van der Waals surface area contributed by atoms with Gasteiger partial charge in [0.1, 0.15) is 6.61 Å². The number of aryl methyl sites for hydroxylation is 1. The van der Waals surface area contributed by atoms with Crippen molar-refractivity contribution in [3.05, 3.63) is 57.2 Å². The third-order valence-electron chi connectivity index (χ3n) is 6.72. The standard InChI is InChI=1S/C25H28ClFN4O3/c1-31-22(32)9-5-16-4-8-19(27)24(23(16)31)34-14-15-2-6-17(7-3-15)29-13-20-18(26)12-21-25(30-20)28-10-11-33-21/h4-5,8-9,12,15,17,29H,2-3,6-7,10-11,13-14H2,1H3,(H,28,30). The van der Waals surface area contributed by atoms with Crippen LogP contribution in [0, 0.1) is 11.7 Å². The molecule has 0 bridgehead atoms. The van der Waals surface area contributed by atoms with E-state index in [9.17, 15) is 9.18 Å². The van der Waals surface area contributed by atoms with Crippen molar-refractivity contribution in [1.82, 2.24) is 14.9 Å². The van der Waals surface area contributed by atoms with Gasteiger partial charge in [0, 0.05) is 37.2 Å². The summed E-state index contributed by atoms with van der Waals surface area (Å²) in [6.45, 7) is 2.37. The number of halogens is 2. The first-order chi connectivity index (χ1) is 16.5. The molecule has 1 fully saturated rings. The van der Waals surface area contributed by atoms with Crippen molar-refractivity contribution in [2.45, 2.75) is 38.3 Å². The highest BCUT2D eigenvalue weighted by atomic mass is 35.5. The number of nitrogens with zero attached hydrogens (tertiary/aromatic N) is 2. The van der Waals surface area contributed by atoms with E-state index < -0.39 is 5.82 Å². The molecule has 3 aromatic rings. The van der Waals surface area contributed by atoms with E-state index in [1.165, 1.54) is 16.7 Å². The van der Waals surface area contributed by atoms with Crippen LogP contribution in [0.15, 0.2) is 35.1 Å². The molecule has 180 valence electrons. The maximum Gasteiger partial charge on any atom is 0.250 e. The first-order valence-electron chi connectivity index (χ1n) is 11.7. The molecule has 0 radical (unpaired) electrons. The number of fused-ring (bicyclic) bond motifs is 2. The lowest BCUT2D eigenvalue weighted by Crippen LogP contribution is -2.34. The second kappa shape index (κ2) is 9.80. The van der Waals surface area contributed by atoms with Crippen molar-refractivity contribution in [2.24, 2.45) is 13.0 Å². The smallest absolute Gasteiger partial charge is 0.250 e. The Hall–Kier alpha value is -2.84. The van der Waals surface area contributed by atoms with Gasteiger partial charge >= 0.3 is 0 Å². The molecule has 1 aliphatic heterocycles. The summed E-state index contributed by atoms with van der Waals surface area (Å²) < 4.78 is 27.5. The highest BCUT2D eigenvalue weighted by Gasteiger charge is 2.23. The van der Waals surface area contributed by atoms with E-state index in [1.807, 2.05) is 6.07 Å². The average molecular weight is 487 g/mol. The minimum absolute atomic E-state index is 0.156. The van der Waals surface area contributed by atoms with Gasteiger partial charge in [0.2, 0.25) is 0 Å². The third-order valence-corrected chi connectivity index (χ3v) is 7.05. The lowest BCUT2D eigenvalue weighted by atomic mass is 9.86. The van der Waals surface area contributed by atoms with Gasteiger partial charge in [-0.15, -0.1) is 0 Å². The number of ether oxygens (including phenoxy) is 2. The molecule has 34 heavy (non-hydrogen) atoms. The summed E-state index contributed by atoms with van der Waals surface area (Å²) in [7, 11) is 1.64. The van der Waals surface area contributed by atoms with Gasteiger partial charge in [-0.1, -0.05) is 11.6 Å². The van der Waals surface area contributed by atoms with Gasteiger partial charge in [-0.25, -0.2) is 9.37 Å². The van der Waals surface area contributed by atoms with E-state index in [2.05, 4.69) is 15.6 Å². The van der Waals surface area contributed by atoms with Gasteiger partial charge in [-0.05, 0) is 49.8 Å². The number of anilines is 1. The summed E-state index contributed by atoms with van der Waals surface area (Å²) in [5.74, 6) is 1.48. The summed E-state index contributed by atoms with van der Waals surface area (Å²) in [5.41, 5.74) is 1.12. The molecular formula is C25H28ClFN4O3. The lowest BCUT2D eigenvalue weighted by Gasteiger charge is -2.29. The maximum atomic E-state index is 14.6. The van der Waals surface area contributed by atoms with Crippen LogP contribution in [0.1, 0.15) is 31.4 Å². The summed E-state index contributed by atoms with van der Waals surface area (Å²) in [5, 5.41) is 8.19. The number of rotatable bonds is 6. The predicted molar refractivity (Wildman–Crippen MR) is 130 cm³/mol. The van der Waals surface area contributed by atoms with Crippen molar-refractivity contribution in [1.29, 1.82) is 0 Å². The number of hydrogen-bond acceptors (Lipinski definition) is 6. The summed E-state index contributed by atoms with van der Waals surface area (Å²) in [6.07, 6.45) is 3.94. The summed E-state index contributed by atoms with van der Waals surface area (Å²) in [4.78, 5) is 16.7. The summed E-state index contributed by atoms with van der Waals surface area (Å²) >= 11 is 6.40. The fourth-order valence-electron chi connectivity index (χ4n) is 4.74. The Bertz CT molecular complexity index is 1260. The van der Waals surface area contributed by atoms with Crippen LogP contribution in [0.5, 0.6) is 11.5 Å². The molecule has 1 aromatic carbocycles. The number of nitrogens with one attached hydrogen (secondary N) is 2. The Kier molecular flexibility index (Phi) is 6.61. The Morgan fingerprint density at radius 3 is 2.88 bits per heavy atom. The molecule has 0 unspecified atom stereocenters. The van der Waals surface area contributed by atoms with E-state index >= 15 is 0 Å². The predicted octanol–water partition coefficient (Wildman–Crippen LogP) is 4.26. The zero-order chi connectivity index (χ0) is 23.7. The van der Waals surface area contributed by atoms with E-state index in [0.717, 1.165) is 49.1 Å². The SMILES string of the molecule is Cn1c(=O)ccc2ccc(F)c(OCC3CCC(NCc4nc5c(cc4Cl)OCCN5)CC3)c21. The van der Waals surface area contributed by atoms with Crippen LogP contribution in [0.3, 0.4) is 0 Å². The van der Waals surface area contributed by atoms with Crippen LogP contribution in [0.25, 0.3) is 10.9 Å². The van der Waals surface area contributed by atoms with Crippen molar-refractivity contribution in [3.8, 4) is 11.5 Å². The Labute approximate surface area is 202 Å². The molecule has 2 aliphatic rings. The van der Waals surface area contributed by atoms with Gasteiger partial charge in [-0.2, -0.15) is 0 Å². The van der Waals surface area contributed by atoms with Crippen LogP contribution in [0.4, 0.5) is 10.2 Å². The van der Waals surface area contributed by atoms with Gasteiger partial charge in [0.25, 0.3) is 5.56 Å². The molecule has 3 heterocycles. The molecule has 0 amide bonds. The van der Waals surface area contributed by atoms with E-state index in [0.29, 0.717) is 48.0 Å². The molecule has 2 aromatic heterocycles. The molecule has 7 nitrogen and oxygen atoms in total. The molecule has 0 saturated heterocycles. The number of hydrogen-bond donors (Lipinski definition) is 2. The fourth-order valence-corrected chi connectivity index (χ4v) is 4.95. The third kappa shape index (κ3) is 4.70. The number of aromatic nitrogens is 2. The zero-order valence-corrected chi connectivity index (χ0v) is 19.8. The van der Waals surface area contributed by atoms with Crippen LogP contribution in [0.2, 0.25) is 5.02 Å². The first-order valence-corrected chi connectivity index (χ1v) is 12.1. The molecule has 1 saturated carbocycles. The normalized spacial score (nSPS) is 19.9. The molecule has 9 heteroatoms. The summed E-state index contributed by atoms with van der Waals surface area (Å²) in [6, 6.07) is 8.43. The van der Waals surface area contributed by atoms with Gasteiger partial charge in [0.05, 0.1) is 29.4 Å². The van der Waals surface area contributed by atoms with Crippen molar-refractivity contribution >= 4 is 28.3 Å². The Balaban J connectivity index is 1.16. The van der Waals surface area contributed by atoms with E-state index in [-0.39, 0.29) is 11.3 Å². The van der Waals surface area contributed by atoms with E-state index in [4.69, 9.17) is 21.1 Å². The minimum atomic E-state index is -0.446. The van der Waals surface area contributed by atoms with Crippen molar-refractivity contribution in [3.63, 3.8) is 0 Å². The van der Waals surface area contributed by atoms with Gasteiger partial charge in [-0.3, -0.25) is 4.79 Å². The Morgan fingerprint density at radius 2 is 2.06 bits per heavy atom. The molecule has 0 spiro atoms. The lowest BCUT2D eigenvalue weighted by molar-refractivity contribution is 0.187. The van der Waals surface area contributed by atoms with Crippen LogP contribution < -0.4 is 25.7 Å². The van der Waals surface area contributed by atoms with Crippen molar-refractivity contribution < 1.29 is 13.9 Å². The minimum Gasteiger partial charge on any atom is -0.488 e. The van der Waals surface area contributed by atoms with Gasteiger partial charge < -0.3 is 24.7 Å². The molecule has 5 rings (SSSR count). The maximum absolute atomic E-state index is 14.6. The second-order valence-electron chi connectivity index (χ2n) is 8.99. The van der Waals surface area contributed by atoms with Crippen molar-refractivity contribution in [2.75, 3.05) is 25.1 Å². The molecule has 1 aliphatic carbocycles. The largest absolute Gasteiger partial charge is 0.488 e. The molecule has 0 atom stereocenters. The number of benzene rings is 1. The van der Waals surface area contributed by atoms with Crippen LogP contribution in [-0.4, -0.2) is 35.4 Å². The monoisotopic (exact) mass is 486 g/mol. The Morgan fingerprint density at radius 1 is 1.26 bits per heavy atom. The van der Waals surface area contributed by atoms with Gasteiger partial charge in [0.15, 0.2) is 23.1 Å². The second-order valence-corrected chi connectivity index (χ2v) is 9.40. The van der Waals surface area contributed by atoms with Crippen LogP contribution >= 0.6 is 11.6 Å². The topological polar surface area (TPSA) is 77.4 Å².